The highest BCUT2D eigenvalue weighted by atomic mass is 32.2. The van der Waals surface area contributed by atoms with Crippen molar-refractivity contribution in [2.24, 2.45) is 5.92 Å². The van der Waals surface area contributed by atoms with Gasteiger partial charge in [0.05, 0.1) is 12.9 Å². The third-order valence-corrected chi connectivity index (χ3v) is 4.85. The molecule has 0 heterocycles. The standard InChI is InChI=1S/C18H23F2N3O6S/c1-12(2)10-28-18(25)23(30(4,26)27)14(16(24)22(3)11-21)9-13-7-5-6-8-15(13)29-17(19)20/h5-8,12,14,17H,9-10H2,1-4H3. The van der Waals surface area contributed by atoms with Gasteiger partial charge < -0.3 is 9.47 Å². The number of alkyl halides is 2. The summed E-state index contributed by atoms with van der Waals surface area (Å²) in [6, 6.07) is 3.66. The zero-order valence-electron chi connectivity index (χ0n) is 16.9. The second kappa shape index (κ2) is 10.7. The molecule has 1 atom stereocenters. The first-order chi connectivity index (χ1) is 13.9. The molecule has 0 N–H and O–H groups in total. The van der Waals surface area contributed by atoms with Gasteiger partial charge in [0.25, 0.3) is 5.91 Å². The van der Waals surface area contributed by atoms with Crippen LogP contribution in [0.2, 0.25) is 0 Å². The molecule has 0 bridgehead atoms. The lowest BCUT2D eigenvalue weighted by Crippen LogP contribution is -2.52. The van der Waals surface area contributed by atoms with Crippen molar-refractivity contribution < 1.29 is 36.3 Å². The largest absolute Gasteiger partial charge is 0.448 e. The van der Waals surface area contributed by atoms with E-state index in [2.05, 4.69) is 4.74 Å². The molecule has 0 aromatic heterocycles. The SMILES string of the molecule is CC(C)COC(=O)N(C(Cc1ccccc1OC(F)F)C(=O)N(C)C#N)S(C)(=O)=O. The number of amides is 2. The van der Waals surface area contributed by atoms with Gasteiger partial charge in [0, 0.05) is 13.5 Å². The zero-order valence-corrected chi connectivity index (χ0v) is 17.7. The number of halogens is 2. The zero-order chi connectivity index (χ0) is 23.1. The van der Waals surface area contributed by atoms with E-state index in [1.165, 1.54) is 30.5 Å². The molecule has 12 heteroatoms. The van der Waals surface area contributed by atoms with Crippen LogP contribution >= 0.6 is 0 Å². The minimum atomic E-state index is -4.34. The molecule has 0 saturated heterocycles. The quantitative estimate of drug-likeness (QED) is 0.421. The van der Waals surface area contributed by atoms with E-state index >= 15 is 0 Å². The van der Waals surface area contributed by atoms with Crippen molar-refractivity contribution in [3.8, 4) is 11.9 Å². The second-order valence-electron chi connectivity index (χ2n) is 6.73. The molecule has 0 fully saturated rings. The van der Waals surface area contributed by atoms with Gasteiger partial charge in [-0.2, -0.15) is 18.3 Å². The molecular weight excluding hydrogens is 424 g/mol. The first kappa shape index (κ1) is 25.1. The van der Waals surface area contributed by atoms with Gasteiger partial charge in [-0.15, -0.1) is 0 Å². The molecule has 2 amide bonds. The molecule has 166 valence electrons. The van der Waals surface area contributed by atoms with Crippen LogP contribution in [0, 0.1) is 17.4 Å². The van der Waals surface area contributed by atoms with E-state index in [1.54, 1.807) is 13.8 Å². The molecule has 1 aromatic rings. The molecule has 1 aromatic carbocycles. The maximum atomic E-state index is 12.7. The maximum Gasteiger partial charge on any atom is 0.424 e. The minimum absolute atomic E-state index is 0.0350. The van der Waals surface area contributed by atoms with Crippen LogP contribution < -0.4 is 4.74 Å². The third-order valence-electron chi connectivity index (χ3n) is 3.73. The van der Waals surface area contributed by atoms with Gasteiger partial charge in [0.2, 0.25) is 10.0 Å². The number of carbonyl (C=O) groups is 2. The number of rotatable bonds is 9. The lowest BCUT2D eigenvalue weighted by molar-refractivity contribution is -0.130. The summed E-state index contributed by atoms with van der Waals surface area (Å²) in [5.74, 6) is -1.46. The summed E-state index contributed by atoms with van der Waals surface area (Å²) in [4.78, 5) is 25.8. The summed E-state index contributed by atoms with van der Waals surface area (Å²) >= 11 is 0. The molecule has 0 aliphatic rings. The topological polar surface area (TPSA) is 117 Å². The van der Waals surface area contributed by atoms with Gasteiger partial charge >= 0.3 is 12.7 Å². The van der Waals surface area contributed by atoms with E-state index in [9.17, 15) is 26.8 Å². The average molecular weight is 447 g/mol. The van der Waals surface area contributed by atoms with E-state index in [0.29, 0.717) is 11.2 Å². The van der Waals surface area contributed by atoms with Crippen molar-refractivity contribution in [1.29, 1.82) is 5.26 Å². The Morgan fingerprint density at radius 3 is 2.33 bits per heavy atom. The molecule has 30 heavy (non-hydrogen) atoms. The summed E-state index contributed by atoms with van der Waals surface area (Å²) in [5.41, 5.74) is 0.0350. The lowest BCUT2D eigenvalue weighted by atomic mass is 10.0. The highest BCUT2D eigenvalue weighted by Gasteiger charge is 2.40. The van der Waals surface area contributed by atoms with Gasteiger partial charge in [-0.1, -0.05) is 32.0 Å². The number of likely N-dealkylation sites (N-methyl/N-ethyl adjacent to an activating group) is 1. The summed E-state index contributed by atoms with van der Waals surface area (Å²) in [6.07, 6.45) is 0.392. The van der Waals surface area contributed by atoms with Crippen LogP contribution in [0.15, 0.2) is 24.3 Å². The number of sulfonamides is 1. The van der Waals surface area contributed by atoms with E-state index < -0.39 is 41.1 Å². The summed E-state index contributed by atoms with van der Waals surface area (Å²) in [5, 5.41) is 9.04. The van der Waals surface area contributed by atoms with E-state index in [1.807, 2.05) is 0 Å². The Morgan fingerprint density at radius 1 is 1.23 bits per heavy atom. The number of hydrogen-bond acceptors (Lipinski definition) is 7. The molecular formula is C18H23F2N3O6S. The number of ether oxygens (including phenoxy) is 2. The molecule has 1 unspecified atom stereocenters. The first-order valence-electron chi connectivity index (χ1n) is 8.74. The van der Waals surface area contributed by atoms with Crippen molar-refractivity contribution in [2.75, 3.05) is 19.9 Å². The Hall–Kier alpha value is -2.94. The molecule has 0 aliphatic carbocycles. The smallest absolute Gasteiger partial charge is 0.424 e. The average Bonchev–Trinajstić information content (AvgIpc) is 2.64. The van der Waals surface area contributed by atoms with Crippen molar-refractivity contribution in [2.45, 2.75) is 32.9 Å². The summed E-state index contributed by atoms with van der Waals surface area (Å²) < 4.78 is 59.7. The van der Waals surface area contributed by atoms with Crippen LogP contribution in [0.1, 0.15) is 19.4 Å². The normalized spacial score (nSPS) is 12.2. The monoisotopic (exact) mass is 447 g/mol. The summed E-state index contributed by atoms with van der Waals surface area (Å²) in [7, 11) is -3.26. The van der Waals surface area contributed by atoms with Crippen LogP contribution in [0.3, 0.4) is 0 Å². The molecule has 1 rings (SSSR count). The fourth-order valence-corrected chi connectivity index (χ4v) is 3.38. The van der Waals surface area contributed by atoms with E-state index in [-0.39, 0.29) is 28.1 Å². The van der Waals surface area contributed by atoms with E-state index in [0.717, 1.165) is 7.05 Å². The Labute approximate surface area is 173 Å². The number of carbonyl (C=O) groups excluding carboxylic acids is 2. The predicted molar refractivity (Wildman–Crippen MR) is 102 cm³/mol. The number of hydrogen-bond donors (Lipinski definition) is 0. The third kappa shape index (κ3) is 7.14. The van der Waals surface area contributed by atoms with Crippen LogP contribution in [0.5, 0.6) is 5.75 Å². The maximum absolute atomic E-state index is 12.7. The minimum Gasteiger partial charge on any atom is -0.448 e. The Morgan fingerprint density at radius 2 is 1.83 bits per heavy atom. The number of benzene rings is 1. The van der Waals surface area contributed by atoms with Crippen LogP contribution in [-0.2, 0) is 26.0 Å². The van der Waals surface area contributed by atoms with Gasteiger partial charge in [0.1, 0.15) is 11.8 Å². The fraction of sp³-hybridized carbons (Fsp3) is 0.500. The molecule has 0 spiro atoms. The molecule has 0 saturated carbocycles. The van der Waals surface area contributed by atoms with Crippen LogP contribution in [0.4, 0.5) is 13.6 Å². The lowest BCUT2D eigenvalue weighted by Gasteiger charge is -2.29. The second-order valence-corrected chi connectivity index (χ2v) is 8.59. The number of nitriles is 1. The first-order valence-corrected chi connectivity index (χ1v) is 10.6. The van der Waals surface area contributed by atoms with Crippen LogP contribution in [0.25, 0.3) is 0 Å². The highest BCUT2D eigenvalue weighted by molar-refractivity contribution is 7.88. The fourth-order valence-electron chi connectivity index (χ4n) is 2.43. The summed E-state index contributed by atoms with van der Waals surface area (Å²) in [6.45, 7) is 0.166. The highest BCUT2D eigenvalue weighted by Crippen LogP contribution is 2.25. The van der Waals surface area contributed by atoms with Crippen LogP contribution in [-0.4, -0.2) is 62.2 Å². The Bertz CT molecular complexity index is 901. The van der Waals surface area contributed by atoms with Gasteiger partial charge in [-0.05, 0) is 17.5 Å². The molecule has 0 radical (unpaired) electrons. The van der Waals surface area contributed by atoms with Crippen molar-refractivity contribution >= 4 is 22.0 Å². The van der Waals surface area contributed by atoms with Gasteiger partial charge in [-0.25, -0.2) is 13.2 Å². The Balaban J connectivity index is 3.45. The molecule has 9 nitrogen and oxygen atoms in total. The van der Waals surface area contributed by atoms with Gasteiger partial charge in [0.15, 0.2) is 6.19 Å². The molecule has 0 aliphatic heterocycles. The number of para-hydroxylation sites is 1. The van der Waals surface area contributed by atoms with Crippen molar-refractivity contribution in [3.05, 3.63) is 29.8 Å². The van der Waals surface area contributed by atoms with Crippen molar-refractivity contribution in [3.63, 3.8) is 0 Å². The predicted octanol–water partition coefficient (Wildman–Crippen LogP) is 2.19. The Kier molecular flexibility index (Phi) is 8.97. The van der Waals surface area contributed by atoms with Gasteiger partial charge in [-0.3, -0.25) is 9.69 Å². The van der Waals surface area contributed by atoms with E-state index in [4.69, 9.17) is 10.00 Å². The van der Waals surface area contributed by atoms with Crippen molar-refractivity contribution in [1.82, 2.24) is 9.21 Å². The number of nitrogens with zero attached hydrogens (tertiary/aromatic N) is 3.